The lowest BCUT2D eigenvalue weighted by atomic mass is 10.1. The van der Waals surface area contributed by atoms with Crippen LogP contribution >= 0.6 is 0 Å². The van der Waals surface area contributed by atoms with Crippen LogP contribution in [0.15, 0.2) is 65.1 Å². The van der Waals surface area contributed by atoms with Crippen molar-refractivity contribution < 1.29 is 14.0 Å². The fourth-order valence-electron chi connectivity index (χ4n) is 3.36. The molecular weight excluding hydrogens is 328 g/mol. The summed E-state index contributed by atoms with van der Waals surface area (Å²) in [6.07, 6.45) is 0.230. The van der Waals surface area contributed by atoms with Gasteiger partial charge in [0.2, 0.25) is 11.8 Å². The molecule has 0 saturated carbocycles. The molecule has 2 aromatic carbocycles. The molecule has 1 saturated heterocycles. The van der Waals surface area contributed by atoms with E-state index in [0.29, 0.717) is 12.3 Å². The van der Waals surface area contributed by atoms with E-state index >= 15 is 0 Å². The summed E-state index contributed by atoms with van der Waals surface area (Å²) in [6.45, 7) is 2.29. The number of carbonyl (C=O) groups is 2. The van der Waals surface area contributed by atoms with Crippen LogP contribution in [-0.2, 0) is 9.59 Å². The minimum Gasteiger partial charge on any atom is -0.459 e. The fourth-order valence-corrected chi connectivity index (χ4v) is 3.36. The molecule has 5 heteroatoms. The Morgan fingerprint density at radius 3 is 2.65 bits per heavy atom. The number of benzene rings is 2. The van der Waals surface area contributed by atoms with Crippen molar-refractivity contribution >= 4 is 28.5 Å². The quantitative estimate of drug-likeness (QED) is 0.782. The number of amides is 2. The van der Waals surface area contributed by atoms with Gasteiger partial charge in [0, 0.05) is 24.0 Å². The molecule has 5 nitrogen and oxygen atoms in total. The van der Waals surface area contributed by atoms with Crippen LogP contribution in [0.1, 0.15) is 25.1 Å². The van der Waals surface area contributed by atoms with E-state index in [0.717, 1.165) is 16.7 Å². The van der Waals surface area contributed by atoms with Gasteiger partial charge in [0.1, 0.15) is 11.3 Å². The standard InChI is InChI=1S/C21H20N2O3/c1-14(19-11-15-7-5-6-10-18(15)26-19)22-21(25)16-12-20(24)23(13-16)17-8-3-2-4-9-17/h2-11,14,16H,12-13H2,1H3,(H,22,25). The van der Waals surface area contributed by atoms with Gasteiger partial charge in [-0.1, -0.05) is 36.4 Å². The second-order valence-electron chi connectivity index (χ2n) is 6.66. The number of hydrogen-bond donors (Lipinski definition) is 1. The summed E-state index contributed by atoms with van der Waals surface area (Å²) in [5, 5.41) is 3.99. The molecule has 2 amide bonds. The molecule has 132 valence electrons. The lowest BCUT2D eigenvalue weighted by Gasteiger charge is -2.17. The van der Waals surface area contributed by atoms with Crippen molar-refractivity contribution in [3.8, 4) is 0 Å². The number of rotatable bonds is 4. The predicted molar refractivity (Wildman–Crippen MR) is 99.7 cm³/mol. The molecule has 2 heterocycles. The highest BCUT2D eigenvalue weighted by Crippen LogP contribution is 2.27. The second-order valence-corrected chi connectivity index (χ2v) is 6.66. The van der Waals surface area contributed by atoms with Crippen molar-refractivity contribution in [1.29, 1.82) is 0 Å². The second kappa shape index (κ2) is 6.67. The summed E-state index contributed by atoms with van der Waals surface area (Å²) in [6, 6.07) is 18.9. The first kappa shape index (κ1) is 16.4. The molecular formula is C21H20N2O3. The Labute approximate surface area is 151 Å². The van der Waals surface area contributed by atoms with Crippen LogP contribution in [0.2, 0.25) is 0 Å². The van der Waals surface area contributed by atoms with Crippen LogP contribution in [0.5, 0.6) is 0 Å². The number of nitrogens with zero attached hydrogens (tertiary/aromatic N) is 1. The topological polar surface area (TPSA) is 62.6 Å². The maximum Gasteiger partial charge on any atom is 0.227 e. The van der Waals surface area contributed by atoms with E-state index in [1.165, 1.54) is 0 Å². The minimum atomic E-state index is -0.352. The molecule has 2 unspecified atom stereocenters. The fraction of sp³-hybridized carbons (Fsp3) is 0.238. The third-order valence-corrected chi connectivity index (χ3v) is 4.79. The van der Waals surface area contributed by atoms with Crippen molar-refractivity contribution in [2.45, 2.75) is 19.4 Å². The lowest BCUT2D eigenvalue weighted by Crippen LogP contribution is -2.34. The van der Waals surface area contributed by atoms with Crippen LogP contribution in [0.4, 0.5) is 5.69 Å². The molecule has 1 aliphatic heterocycles. The van der Waals surface area contributed by atoms with E-state index in [9.17, 15) is 9.59 Å². The largest absolute Gasteiger partial charge is 0.459 e. The lowest BCUT2D eigenvalue weighted by molar-refractivity contribution is -0.127. The van der Waals surface area contributed by atoms with Gasteiger partial charge in [-0.2, -0.15) is 0 Å². The number of nitrogens with one attached hydrogen (secondary N) is 1. The number of fused-ring (bicyclic) bond motifs is 1. The Bertz CT molecular complexity index is 915. The number of furan rings is 1. The van der Waals surface area contributed by atoms with Crippen LogP contribution in [0.3, 0.4) is 0 Å². The molecule has 1 fully saturated rings. The van der Waals surface area contributed by atoms with E-state index in [1.807, 2.05) is 67.6 Å². The van der Waals surface area contributed by atoms with Gasteiger partial charge in [-0.05, 0) is 31.2 Å². The molecule has 4 rings (SSSR count). The number of hydrogen-bond acceptors (Lipinski definition) is 3. The summed E-state index contributed by atoms with van der Waals surface area (Å²) >= 11 is 0. The molecule has 0 radical (unpaired) electrons. The Balaban J connectivity index is 1.44. The highest BCUT2D eigenvalue weighted by molar-refractivity contribution is 6.00. The average molecular weight is 348 g/mol. The molecule has 26 heavy (non-hydrogen) atoms. The van der Waals surface area contributed by atoms with Gasteiger partial charge < -0.3 is 14.6 Å². The molecule has 1 N–H and O–H groups in total. The molecule has 2 atom stereocenters. The van der Waals surface area contributed by atoms with Gasteiger partial charge in [-0.15, -0.1) is 0 Å². The van der Waals surface area contributed by atoms with E-state index in [1.54, 1.807) is 4.90 Å². The van der Waals surface area contributed by atoms with Gasteiger partial charge in [0.15, 0.2) is 0 Å². The van der Waals surface area contributed by atoms with Crippen molar-refractivity contribution in [1.82, 2.24) is 5.32 Å². The van der Waals surface area contributed by atoms with Crippen molar-refractivity contribution in [3.63, 3.8) is 0 Å². The van der Waals surface area contributed by atoms with Gasteiger partial charge >= 0.3 is 0 Å². The van der Waals surface area contributed by atoms with Gasteiger partial charge in [0.05, 0.1) is 12.0 Å². The van der Waals surface area contributed by atoms with E-state index in [-0.39, 0.29) is 30.2 Å². The SMILES string of the molecule is CC(NC(=O)C1CC(=O)N(c2ccccc2)C1)c1cc2ccccc2o1. The van der Waals surface area contributed by atoms with Gasteiger partial charge in [-0.3, -0.25) is 9.59 Å². The summed E-state index contributed by atoms with van der Waals surface area (Å²) < 4.78 is 5.81. The van der Waals surface area contributed by atoms with Crippen LogP contribution in [0.25, 0.3) is 11.0 Å². The van der Waals surface area contributed by atoms with Crippen LogP contribution in [0, 0.1) is 5.92 Å². The van der Waals surface area contributed by atoms with E-state index in [4.69, 9.17) is 4.42 Å². The Hall–Kier alpha value is -3.08. The van der Waals surface area contributed by atoms with Crippen molar-refractivity contribution in [2.24, 2.45) is 5.92 Å². The Morgan fingerprint density at radius 1 is 1.15 bits per heavy atom. The molecule has 0 spiro atoms. The first-order valence-corrected chi connectivity index (χ1v) is 8.76. The minimum absolute atomic E-state index is 0.0206. The monoisotopic (exact) mass is 348 g/mol. The van der Waals surface area contributed by atoms with E-state index in [2.05, 4.69) is 5.32 Å². The van der Waals surface area contributed by atoms with Crippen LogP contribution < -0.4 is 10.2 Å². The van der Waals surface area contributed by atoms with Crippen molar-refractivity contribution in [2.75, 3.05) is 11.4 Å². The zero-order chi connectivity index (χ0) is 18.1. The van der Waals surface area contributed by atoms with Crippen molar-refractivity contribution in [3.05, 3.63) is 66.4 Å². The Morgan fingerprint density at radius 2 is 1.88 bits per heavy atom. The zero-order valence-corrected chi connectivity index (χ0v) is 14.5. The summed E-state index contributed by atoms with van der Waals surface area (Å²) in [5.74, 6) is 0.218. The molecule has 3 aromatic rings. The summed E-state index contributed by atoms with van der Waals surface area (Å²) in [5.41, 5.74) is 1.63. The predicted octanol–water partition coefficient (Wildman–Crippen LogP) is 3.66. The van der Waals surface area contributed by atoms with E-state index < -0.39 is 0 Å². The normalized spacial score (nSPS) is 18.3. The third-order valence-electron chi connectivity index (χ3n) is 4.79. The summed E-state index contributed by atoms with van der Waals surface area (Å²) in [4.78, 5) is 26.6. The third kappa shape index (κ3) is 3.08. The first-order valence-electron chi connectivity index (χ1n) is 8.76. The zero-order valence-electron chi connectivity index (χ0n) is 14.5. The number of anilines is 1. The van der Waals surface area contributed by atoms with Gasteiger partial charge in [-0.25, -0.2) is 0 Å². The molecule has 0 bridgehead atoms. The number of para-hydroxylation sites is 2. The van der Waals surface area contributed by atoms with Gasteiger partial charge in [0.25, 0.3) is 0 Å². The molecule has 1 aromatic heterocycles. The highest BCUT2D eigenvalue weighted by atomic mass is 16.3. The maximum absolute atomic E-state index is 12.6. The highest BCUT2D eigenvalue weighted by Gasteiger charge is 2.35. The molecule has 1 aliphatic rings. The summed E-state index contributed by atoms with van der Waals surface area (Å²) in [7, 11) is 0. The average Bonchev–Trinajstić information content (AvgIpc) is 3.26. The number of carbonyl (C=O) groups excluding carboxylic acids is 2. The van der Waals surface area contributed by atoms with Crippen LogP contribution in [-0.4, -0.2) is 18.4 Å². The smallest absolute Gasteiger partial charge is 0.227 e. The maximum atomic E-state index is 12.6. The Kier molecular flexibility index (Phi) is 4.21. The molecule has 0 aliphatic carbocycles. The first-order chi connectivity index (χ1) is 12.6.